The molecule has 9 nitrogen and oxygen atoms in total. The molecule has 2 saturated heterocycles. The van der Waals surface area contributed by atoms with Gasteiger partial charge in [-0.2, -0.15) is 15.1 Å². The molecular formula is C21H34N8O. The molecule has 2 fully saturated rings. The first-order chi connectivity index (χ1) is 14.5. The summed E-state index contributed by atoms with van der Waals surface area (Å²) < 4.78 is 5.51. The Bertz CT molecular complexity index is 834. The maximum Gasteiger partial charge on any atom is 0.226 e. The van der Waals surface area contributed by atoms with Gasteiger partial charge in [0.25, 0.3) is 0 Å². The van der Waals surface area contributed by atoms with Crippen LogP contribution in [0.3, 0.4) is 0 Å². The van der Waals surface area contributed by atoms with Crippen molar-refractivity contribution < 1.29 is 4.74 Å². The third kappa shape index (κ3) is 4.84. The predicted octanol–water partition coefficient (Wildman–Crippen LogP) is 2.76. The smallest absolute Gasteiger partial charge is 0.226 e. The van der Waals surface area contributed by atoms with Crippen molar-refractivity contribution in [3.63, 3.8) is 0 Å². The number of H-pyrrole nitrogens is 1. The molecule has 0 saturated carbocycles. The number of hydrogen-bond acceptors (Lipinski definition) is 8. The lowest BCUT2D eigenvalue weighted by Gasteiger charge is -2.41. The number of aromatic amines is 1. The number of likely N-dealkylation sites (tertiary alicyclic amines) is 1. The fourth-order valence-electron chi connectivity index (χ4n) is 4.41. The summed E-state index contributed by atoms with van der Waals surface area (Å²) >= 11 is 0. The van der Waals surface area contributed by atoms with Crippen LogP contribution in [0.15, 0.2) is 12.1 Å². The van der Waals surface area contributed by atoms with Gasteiger partial charge in [0, 0.05) is 49.0 Å². The average Bonchev–Trinajstić information content (AvgIpc) is 3.15. The first kappa shape index (κ1) is 20.9. The molecule has 164 valence electrons. The van der Waals surface area contributed by atoms with E-state index in [1.165, 1.54) is 0 Å². The Morgan fingerprint density at radius 2 is 1.97 bits per heavy atom. The van der Waals surface area contributed by atoms with E-state index in [1.54, 1.807) is 0 Å². The molecule has 0 bridgehead atoms. The molecule has 4 heterocycles. The largest absolute Gasteiger partial charge is 0.378 e. The number of nitrogens with zero attached hydrogens (tertiary/aromatic N) is 5. The lowest BCUT2D eigenvalue weighted by Crippen LogP contribution is -2.49. The number of aryl methyl sites for hydroxylation is 1. The van der Waals surface area contributed by atoms with Gasteiger partial charge in [0.05, 0.1) is 13.2 Å². The van der Waals surface area contributed by atoms with E-state index in [2.05, 4.69) is 51.5 Å². The Morgan fingerprint density at radius 1 is 1.17 bits per heavy atom. The van der Waals surface area contributed by atoms with E-state index in [0.717, 1.165) is 68.7 Å². The summed E-state index contributed by atoms with van der Waals surface area (Å²) in [4.78, 5) is 14.4. The number of morpholine rings is 1. The van der Waals surface area contributed by atoms with Gasteiger partial charge in [0.2, 0.25) is 5.95 Å². The van der Waals surface area contributed by atoms with Gasteiger partial charge in [-0.25, -0.2) is 0 Å². The third-order valence-corrected chi connectivity index (χ3v) is 6.27. The molecular weight excluding hydrogens is 380 g/mol. The van der Waals surface area contributed by atoms with Crippen LogP contribution in [0.1, 0.15) is 38.8 Å². The molecule has 0 radical (unpaired) electrons. The molecule has 0 aliphatic carbocycles. The Hall–Kier alpha value is -2.39. The Balaban J connectivity index is 1.56. The summed E-state index contributed by atoms with van der Waals surface area (Å²) in [6.07, 6.45) is 3.34. The second kappa shape index (κ2) is 9.18. The summed E-state index contributed by atoms with van der Waals surface area (Å²) in [5.74, 6) is 3.08. The number of hydrogen-bond donors (Lipinski definition) is 3. The van der Waals surface area contributed by atoms with Gasteiger partial charge in [0.15, 0.2) is 5.82 Å². The van der Waals surface area contributed by atoms with Crippen molar-refractivity contribution in [1.29, 1.82) is 0 Å². The van der Waals surface area contributed by atoms with Gasteiger partial charge in [0.1, 0.15) is 11.6 Å². The average molecular weight is 415 g/mol. The predicted molar refractivity (Wildman–Crippen MR) is 120 cm³/mol. The normalized spacial score (nSPS) is 25.3. The van der Waals surface area contributed by atoms with Gasteiger partial charge in [-0.1, -0.05) is 6.92 Å². The summed E-state index contributed by atoms with van der Waals surface area (Å²) in [7, 11) is 2.23. The van der Waals surface area contributed by atoms with Crippen molar-refractivity contribution in [1.82, 2.24) is 25.1 Å². The van der Waals surface area contributed by atoms with Crippen LogP contribution in [0.5, 0.6) is 0 Å². The van der Waals surface area contributed by atoms with Crippen LogP contribution < -0.4 is 15.5 Å². The van der Waals surface area contributed by atoms with E-state index in [-0.39, 0.29) is 0 Å². The molecule has 3 atom stereocenters. The van der Waals surface area contributed by atoms with Gasteiger partial charge < -0.3 is 25.2 Å². The topological polar surface area (TPSA) is 94.2 Å². The lowest BCUT2D eigenvalue weighted by atomic mass is 9.91. The number of piperidine rings is 1. The van der Waals surface area contributed by atoms with Gasteiger partial charge in [-0.3, -0.25) is 5.10 Å². The summed E-state index contributed by atoms with van der Waals surface area (Å²) in [6.45, 7) is 9.66. The van der Waals surface area contributed by atoms with E-state index < -0.39 is 0 Å². The zero-order valence-corrected chi connectivity index (χ0v) is 18.5. The first-order valence-electron chi connectivity index (χ1n) is 11.0. The Labute approximate surface area is 178 Å². The molecule has 2 aliphatic heterocycles. The molecule has 2 aromatic heterocycles. The van der Waals surface area contributed by atoms with Gasteiger partial charge in [-0.05, 0) is 40.2 Å². The minimum Gasteiger partial charge on any atom is -0.378 e. The summed E-state index contributed by atoms with van der Waals surface area (Å²) in [5.41, 5.74) is 1.00. The third-order valence-electron chi connectivity index (χ3n) is 6.27. The highest BCUT2D eigenvalue weighted by atomic mass is 16.5. The van der Waals surface area contributed by atoms with E-state index in [1.807, 2.05) is 19.1 Å². The molecule has 3 unspecified atom stereocenters. The van der Waals surface area contributed by atoms with Crippen LogP contribution in [0, 0.1) is 6.92 Å². The minimum atomic E-state index is 0.363. The number of rotatable bonds is 6. The monoisotopic (exact) mass is 414 g/mol. The highest BCUT2D eigenvalue weighted by Crippen LogP contribution is 2.27. The molecule has 2 aliphatic rings. The highest BCUT2D eigenvalue weighted by Gasteiger charge is 2.30. The number of ether oxygens (including phenoxy) is 1. The molecule has 3 N–H and O–H groups in total. The second-order valence-corrected chi connectivity index (χ2v) is 8.48. The summed E-state index contributed by atoms with van der Waals surface area (Å²) in [5, 5.41) is 14.2. The zero-order valence-electron chi connectivity index (χ0n) is 18.5. The standard InChI is InChI=1S/C21H34N8O/c1-5-17-12-16(11-15(3)28(17)4)22-21-24-18(23-19-10-14(2)26-27-19)13-20(25-21)29-6-8-30-9-7-29/h10,13,15-17H,5-9,11-12H2,1-4H3,(H3,22,23,24,25,26,27). The van der Waals surface area contributed by atoms with E-state index in [9.17, 15) is 0 Å². The van der Waals surface area contributed by atoms with Crippen molar-refractivity contribution in [3.8, 4) is 0 Å². The molecule has 4 rings (SSSR count). The van der Waals surface area contributed by atoms with Crippen LogP contribution in [0.2, 0.25) is 0 Å². The SMILES string of the molecule is CCC1CC(Nc2nc(Nc3cc(C)[nH]n3)cc(N3CCOCC3)n2)CC(C)N1C. The Morgan fingerprint density at radius 3 is 2.67 bits per heavy atom. The maximum atomic E-state index is 5.51. The summed E-state index contributed by atoms with van der Waals surface area (Å²) in [6, 6.07) is 5.44. The minimum absolute atomic E-state index is 0.363. The fraction of sp³-hybridized carbons (Fsp3) is 0.667. The zero-order chi connectivity index (χ0) is 21.1. The molecule has 0 amide bonds. The first-order valence-corrected chi connectivity index (χ1v) is 11.0. The van der Waals surface area contributed by atoms with E-state index in [0.29, 0.717) is 24.1 Å². The van der Waals surface area contributed by atoms with Crippen LogP contribution in [-0.2, 0) is 4.74 Å². The van der Waals surface area contributed by atoms with Crippen LogP contribution in [-0.4, -0.2) is 76.5 Å². The van der Waals surface area contributed by atoms with Crippen LogP contribution >= 0.6 is 0 Å². The quantitative estimate of drug-likeness (QED) is 0.664. The second-order valence-electron chi connectivity index (χ2n) is 8.48. The van der Waals surface area contributed by atoms with E-state index in [4.69, 9.17) is 14.7 Å². The van der Waals surface area contributed by atoms with Crippen molar-refractivity contribution in [3.05, 3.63) is 17.8 Å². The van der Waals surface area contributed by atoms with Crippen molar-refractivity contribution in [2.24, 2.45) is 0 Å². The molecule has 9 heteroatoms. The number of anilines is 4. The van der Waals surface area contributed by atoms with Gasteiger partial charge >= 0.3 is 0 Å². The van der Waals surface area contributed by atoms with Crippen molar-refractivity contribution in [2.45, 2.75) is 58.2 Å². The molecule has 0 aromatic carbocycles. The Kier molecular flexibility index (Phi) is 6.38. The lowest BCUT2D eigenvalue weighted by molar-refractivity contribution is 0.114. The van der Waals surface area contributed by atoms with Crippen LogP contribution in [0.25, 0.3) is 0 Å². The number of aromatic nitrogens is 4. The molecule has 30 heavy (non-hydrogen) atoms. The highest BCUT2D eigenvalue weighted by molar-refractivity contribution is 5.59. The van der Waals surface area contributed by atoms with Crippen molar-refractivity contribution in [2.75, 3.05) is 48.9 Å². The molecule has 0 spiro atoms. The van der Waals surface area contributed by atoms with Crippen LogP contribution in [0.4, 0.5) is 23.4 Å². The van der Waals surface area contributed by atoms with Crippen molar-refractivity contribution >= 4 is 23.4 Å². The van der Waals surface area contributed by atoms with Gasteiger partial charge in [-0.15, -0.1) is 0 Å². The van der Waals surface area contributed by atoms with E-state index >= 15 is 0 Å². The number of nitrogens with one attached hydrogen (secondary N) is 3. The molecule has 2 aromatic rings. The fourth-order valence-corrected chi connectivity index (χ4v) is 4.41. The maximum absolute atomic E-state index is 5.51.